The van der Waals surface area contributed by atoms with E-state index in [0.29, 0.717) is 31.1 Å². The number of hydrogen-bond acceptors (Lipinski definition) is 6. The number of carbonyl (C=O) groups excluding carboxylic acids is 1. The second kappa shape index (κ2) is 9.18. The van der Waals surface area contributed by atoms with Gasteiger partial charge in [0.15, 0.2) is 5.78 Å². The molecule has 3 rings (SSSR count). The van der Waals surface area contributed by atoms with Crippen molar-refractivity contribution in [3.8, 4) is 5.75 Å². The number of nitrogens with zero attached hydrogens (tertiary/aromatic N) is 1. The number of sulfonamides is 1. The van der Waals surface area contributed by atoms with Crippen molar-refractivity contribution >= 4 is 21.5 Å². The fourth-order valence-electron chi connectivity index (χ4n) is 2.91. The van der Waals surface area contributed by atoms with Crippen molar-refractivity contribution in [2.75, 3.05) is 44.4 Å². The molecule has 0 amide bonds. The Morgan fingerprint density at radius 3 is 2.32 bits per heavy atom. The Balaban J connectivity index is 1.59. The molecule has 1 saturated heterocycles. The number of hydrogen-bond donors (Lipinski definition) is 1. The zero-order valence-corrected chi connectivity index (χ0v) is 16.6. The Hall–Kier alpha value is -2.42. The summed E-state index contributed by atoms with van der Waals surface area (Å²) in [7, 11) is -3.77. The van der Waals surface area contributed by atoms with Gasteiger partial charge >= 0.3 is 0 Å². The van der Waals surface area contributed by atoms with Crippen LogP contribution in [0.3, 0.4) is 0 Å². The predicted molar refractivity (Wildman–Crippen MR) is 107 cm³/mol. The maximum atomic E-state index is 12.4. The van der Waals surface area contributed by atoms with Crippen molar-refractivity contribution in [2.45, 2.75) is 11.8 Å². The molecule has 0 saturated carbocycles. The van der Waals surface area contributed by atoms with E-state index >= 15 is 0 Å². The van der Waals surface area contributed by atoms with E-state index < -0.39 is 10.0 Å². The first kappa shape index (κ1) is 20.3. The van der Waals surface area contributed by atoms with Crippen LogP contribution in [0.1, 0.15) is 17.3 Å². The highest BCUT2D eigenvalue weighted by atomic mass is 32.2. The zero-order chi connectivity index (χ0) is 20.0. The number of benzene rings is 2. The number of Topliss-reactive ketones (excluding diaryl/α,β-unsaturated/α-hetero) is 1. The molecular weight excluding hydrogens is 380 g/mol. The van der Waals surface area contributed by atoms with Crippen LogP contribution >= 0.6 is 0 Å². The van der Waals surface area contributed by atoms with Gasteiger partial charge in [-0.2, -0.15) is 0 Å². The Bertz CT molecular complexity index is 889. The standard InChI is InChI=1S/C20H24N2O5S/c1-2-27-18-7-9-19(10-8-18)28(24,25)21-15-20(23)16-3-5-17(6-4-16)22-11-13-26-14-12-22/h3-10,21H,2,11-15H2,1H3. The van der Waals surface area contributed by atoms with Gasteiger partial charge in [0, 0.05) is 24.3 Å². The maximum Gasteiger partial charge on any atom is 0.240 e. The lowest BCUT2D eigenvalue weighted by atomic mass is 10.1. The molecule has 0 aromatic heterocycles. The van der Waals surface area contributed by atoms with Crippen molar-refractivity contribution in [1.29, 1.82) is 0 Å². The first-order valence-electron chi connectivity index (χ1n) is 9.18. The lowest BCUT2D eigenvalue weighted by Crippen LogP contribution is -2.36. The minimum Gasteiger partial charge on any atom is -0.494 e. The summed E-state index contributed by atoms with van der Waals surface area (Å²) in [4.78, 5) is 14.6. The normalized spacial score (nSPS) is 14.7. The van der Waals surface area contributed by atoms with Gasteiger partial charge in [0.25, 0.3) is 0 Å². The number of ether oxygens (including phenoxy) is 2. The summed E-state index contributed by atoms with van der Waals surface area (Å²) in [6, 6.07) is 13.3. The second-order valence-corrected chi connectivity index (χ2v) is 8.07. The lowest BCUT2D eigenvalue weighted by Gasteiger charge is -2.28. The molecule has 7 nitrogen and oxygen atoms in total. The van der Waals surface area contributed by atoms with E-state index in [-0.39, 0.29) is 17.2 Å². The van der Waals surface area contributed by atoms with Crippen LogP contribution in [0.25, 0.3) is 0 Å². The largest absolute Gasteiger partial charge is 0.494 e. The number of anilines is 1. The molecule has 28 heavy (non-hydrogen) atoms. The van der Waals surface area contributed by atoms with Crippen LogP contribution < -0.4 is 14.4 Å². The topological polar surface area (TPSA) is 84.9 Å². The van der Waals surface area contributed by atoms with Crippen LogP contribution in [0.2, 0.25) is 0 Å². The van der Waals surface area contributed by atoms with Gasteiger partial charge in [0.1, 0.15) is 5.75 Å². The lowest BCUT2D eigenvalue weighted by molar-refractivity contribution is 0.0997. The van der Waals surface area contributed by atoms with Crippen molar-refractivity contribution in [1.82, 2.24) is 4.72 Å². The Morgan fingerprint density at radius 2 is 1.71 bits per heavy atom. The van der Waals surface area contributed by atoms with Crippen molar-refractivity contribution in [3.63, 3.8) is 0 Å². The first-order chi connectivity index (χ1) is 13.5. The van der Waals surface area contributed by atoms with E-state index in [1.165, 1.54) is 12.1 Å². The van der Waals surface area contributed by atoms with E-state index in [1.807, 2.05) is 19.1 Å². The first-order valence-corrected chi connectivity index (χ1v) is 10.7. The third-order valence-electron chi connectivity index (χ3n) is 4.43. The monoisotopic (exact) mass is 404 g/mol. The summed E-state index contributed by atoms with van der Waals surface area (Å²) in [5.74, 6) is 0.306. The Kier molecular flexibility index (Phi) is 6.66. The highest BCUT2D eigenvalue weighted by Crippen LogP contribution is 2.18. The molecule has 0 radical (unpaired) electrons. The van der Waals surface area contributed by atoms with Gasteiger partial charge in [-0.25, -0.2) is 13.1 Å². The summed E-state index contributed by atoms with van der Waals surface area (Å²) < 4.78 is 37.7. The van der Waals surface area contributed by atoms with Crippen molar-refractivity contribution in [2.24, 2.45) is 0 Å². The highest BCUT2D eigenvalue weighted by Gasteiger charge is 2.17. The minimum absolute atomic E-state index is 0.0893. The molecule has 1 fully saturated rings. The highest BCUT2D eigenvalue weighted by molar-refractivity contribution is 7.89. The summed E-state index contributed by atoms with van der Waals surface area (Å²) in [5, 5.41) is 0. The van der Waals surface area contributed by atoms with Crippen LogP contribution in [0.4, 0.5) is 5.69 Å². The van der Waals surface area contributed by atoms with E-state index in [0.717, 1.165) is 18.8 Å². The summed E-state index contributed by atoms with van der Waals surface area (Å²) >= 11 is 0. The molecule has 0 spiro atoms. The van der Waals surface area contributed by atoms with Crippen LogP contribution in [0, 0.1) is 0 Å². The predicted octanol–water partition coefficient (Wildman–Crippen LogP) is 2.08. The molecule has 150 valence electrons. The molecule has 1 heterocycles. The molecule has 1 N–H and O–H groups in total. The Morgan fingerprint density at radius 1 is 1.07 bits per heavy atom. The molecule has 0 bridgehead atoms. The summed E-state index contributed by atoms with van der Waals surface area (Å²) in [5.41, 5.74) is 1.49. The average Bonchev–Trinajstić information content (AvgIpc) is 2.73. The van der Waals surface area contributed by atoms with Crippen LogP contribution in [0.5, 0.6) is 5.75 Å². The number of rotatable bonds is 8. The van der Waals surface area contributed by atoms with Gasteiger partial charge < -0.3 is 14.4 Å². The molecular formula is C20H24N2O5S. The number of morpholine rings is 1. The fourth-order valence-corrected chi connectivity index (χ4v) is 3.89. The second-order valence-electron chi connectivity index (χ2n) is 6.30. The van der Waals surface area contributed by atoms with Crippen LogP contribution in [0.15, 0.2) is 53.4 Å². The number of carbonyl (C=O) groups is 1. The molecule has 0 unspecified atom stereocenters. The third-order valence-corrected chi connectivity index (χ3v) is 5.85. The zero-order valence-electron chi connectivity index (χ0n) is 15.8. The van der Waals surface area contributed by atoms with Gasteiger partial charge in [-0.1, -0.05) is 0 Å². The Labute approximate surface area is 165 Å². The van der Waals surface area contributed by atoms with Crippen LogP contribution in [-0.2, 0) is 14.8 Å². The number of nitrogens with one attached hydrogen (secondary N) is 1. The molecule has 1 aliphatic heterocycles. The third kappa shape index (κ3) is 5.09. The van der Waals surface area contributed by atoms with E-state index in [2.05, 4.69) is 9.62 Å². The van der Waals surface area contributed by atoms with Gasteiger partial charge in [0.05, 0.1) is 31.3 Å². The minimum atomic E-state index is -3.77. The van der Waals surface area contributed by atoms with E-state index in [1.54, 1.807) is 24.3 Å². The smallest absolute Gasteiger partial charge is 0.240 e. The summed E-state index contributed by atoms with van der Waals surface area (Å²) in [6.07, 6.45) is 0. The molecule has 8 heteroatoms. The van der Waals surface area contributed by atoms with Crippen molar-refractivity contribution in [3.05, 3.63) is 54.1 Å². The molecule has 2 aromatic carbocycles. The fraction of sp³-hybridized carbons (Fsp3) is 0.350. The molecule has 2 aromatic rings. The summed E-state index contributed by atoms with van der Waals surface area (Å²) in [6.45, 7) is 5.06. The van der Waals surface area contributed by atoms with Gasteiger partial charge in [-0.15, -0.1) is 0 Å². The van der Waals surface area contributed by atoms with Crippen molar-refractivity contribution < 1.29 is 22.7 Å². The SMILES string of the molecule is CCOc1ccc(S(=O)(=O)NCC(=O)c2ccc(N3CCOCC3)cc2)cc1. The average molecular weight is 404 g/mol. The molecule has 0 atom stereocenters. The van der Waals surface area contributed by atoms with Crippen LogP contribution in [-0.4, -0.2) is 53.7 Å². The van der Waals surface area contributed by atoms with E-state index in [9.17, 15) is 13.2 Å². The van der Waals surface area contributed by atoms with Gasteiger partial charge in [-0.05, 0) is 55.5 Å². The van der Waals surface area contributed by atoms with E-state index in [4.69, 9.17) is 9.47 Å². The number of ketones is 1. The quantitative estimate of drug-likeness (QED) is 0.678. The molecule has 0 aliphatic carbocycles. The van der Waals surface area contributed by atoms with Gasteiger partial charge in [-0.3, -0.25) is 4.79 Å². The molecule has 1 aliphatic rings. The van der Waals surface area contributed by atoms with Gasteiger partial charge in [0.2, 0.25) is 10.0 Å². The maximum absolute atomic E-state index is 12.4.